The molecule has 2 rings (SSSR count). The molecule has 0 aliphatic heterocycles. The highest BCUT2D eigenvalue weighted by Crippen LogP contribution is 2.37. The zero-order valence-electron chi connectivity index (χ0n) is 13.8. The van der Waals surface area contributed by atoms with Crippen LogP contribution < -0.4 is 0 Å². The lowest BCUT2D eigenvalue weighted by Gasteiger charge is -2.38. The summed E-state index contributed by atoms with van der Waals surface area (Å²) < 4.78 is 5.88. The van der Waals surface area contributed by atoms with Crippen molar-refractivity contribution in [1.29, 1.82) is 0 Å². The summed E-state index contributed by atoms with van der Waals surface area (Å²) >= 11 is 0. The van der Waals surface area contributed by atoms with Crippen molar-refractivity contribution in [3.63, 3.8) is 0 Å². The summed E-state index contributed by atoms with van der Waals surface area (Å²) in [5.74, 6) is 0.472. The van der Waals surface area contributed by atoms with Crippen LogP contribution in [-0.4, -0.2) is 34.5 Å². The van der Waals surface area contributed by atoms with E-state index in [1.807, 2.05) is 6.92 Å². The molecule has 0 atom stereocenters. The van der Waals surface area contributed by atoms with Crippen molar-refractivity contribution in [2.24, 2.45) is 11.8 Å². The molecule has 2 fully saturated rings. The molecular weight excluding hydrogens is 280 g/mol. The number of allylic oxidation sites excluding steroid dienone is 1. The molecule has 2 aliphatic carbocycles. The first-order valence-corrected chi connectivity index (χ1v) is 8.71. The summed E-state index contributed by atoms with van der Waals surface area (Å²) in [6.45, 7) is 3.63. The Balaban J connectivity index is 2.04. The van der Waals surface area contributed by atoms with E-state index in [9.17, 15) is 15.0 Å². The predicted molar refractivity (Wildman–Crippen MR) is 85.2 cm³/mol. The van der Waals surface area contributed by atoms with Crippen molar-refractivity contribution in [3.05, 3.63) is 11.6 Å². The summed E-state index contributed by atoms with van der Waals surface area (Å²) in [7, 11) is 0. The number of carbonyl (C=O) groups excluding carboxylic acids is 1. The molecule has 2 N–H and O–H groups in total. The van der Waals surface area contributed by atoms with E-state index in [0.717, 1.165) is 51.4 Å². The van der Waals surface area contributed by atoms with Crippen LogP contribution in [0.4, 0.5) is 0 Å². The number of rotatable bonds is 4. The standard InChI is InChI=1S/C18H30O4/c1-3-12(2)18(21)22-17(13-4-8-15(19)9-5-13)14-6-10-16(20)11-7-14/h3,13-17,19-20H,4-11H2,1-2H3. The fourth-order valence-electron chi connectivity index (χ4n) is 3.77. The van der Waals surface area contributed by atoms with Crippen LogP contribution in [0.25, 0.3) is 0 Å². The minimum Gasteiger partial charge on any atom is -0.458 e. The highest BCUT2D eigenvalue weighted by Gasteiger charge is 2.37. The van der Waals surface area contributed by atoms with E-state index in [1.165, 1.54) is 0 Å². The normalized spacial score (nSPS) is 35.0. The van der Waals surface area contributed by atoms with Crippen LogP contribution >= 0.6 is 0 Å². The molecule has 0 radical (unpaired) electrons. The van der Waals surface area contributed by atoms with E-state index < -0.39 is 0 Å². The van der Waals surface area contributed by atoms with Crippen LogP contribution in [0.5, 0.6) is 0 Å². The van der Waals surface area contributed by atoms with Crippen molar-refractivity contribution < 1.29 is 19.7 Å². The summed E-state index contributed by atoms with van der Waals surface area (Å²) in [6, 6.07) is 0. The van der Waals surface area contributed by atoms with E-state index in [0.29, 0.717) is 17.4 Å². The van der Waals surface area contributed by atoms with Crippen molar-refractivity contribution in [2.75, 3.05) is 0 Å². The topological polar surface area (TPSA) is 66.8 Å². The monoisotopic (exact) mass is 310 g/mol. The second-order valence-corrected chi connectivity index (χ2v) is 6.98. The van der Waals surface area contributed by atoms with Crippen LogP contribution in [0.15, 0.2) is 11.6 Å². The average molecular weight is 310 g/mol. The lowest BCUT2D eigenvalue weighted by atomic mass is 9.74. The fraction of sp³-hybridized carbons (Fsp3) is 0.833. The van der Waals surface area contributed by atoms with Crippen LogP contribution in [0.1, 0.15) is 65.2 Å². The van der Waals surface area contributed by atoms with Gasteiger partial charge in [-0.3, -0.25) is 0 Å². The van der Waals surface area contributed by atoms with Gasteiger partial charge < -0.3 is 14.9 Å². The molecule has 0 aromatic rings. The van der Waals surface area contributed by atoms with Gasteiger partial charge in [0.25, 0.3) is 0 Å². The van der Waals surface area contributed by atoms with E-state index in [1.54, 1.807) is 13.0 Å². The fourth-order valence-corrected chi connectivity index (χ4v) is 3.77. The Morgan fingerprint density at radius 3 is 1.73 bits per heavy atom. The van der Waals surface area contributed by atoms with Crippen molar-refractivity contribution >= 4 is 5.97 Å². The minimum absolute atomic E-state index is 0.0672. The second-order valence-electron chi connectivity index (χ2n) is 6.98. The van der Waals surface area contributed by atoms with Crippen molar-refractivity contribution in [2.45, 2.75) is 83.5 Å². The quantitative estimate of drug-likeness (QED) is 0.619. The van der Waals surface area contributed by atoms with Gasteiger partial charge in [-0.1, -0.05) is 6.08 Å². The molecule has 0 bridgehead atoms. The molecule has 4 heteroatoms. The molecule has 0 heterocycles. The molecule has 0 spiro atoms. The highest BCUT2D eigenvalue weighted by molar-refractivity contribution is 5.87. The molecule has 0 amide bonds. The van der Waals surface area contributed by atoms with Gasteiger partial charge in [0.05, 0.1) is 12.2 Å². The molecule has 126 valence electrons. The first-order valence-electron chi connectivity index (χ1n) is 8.71. The maximum Gasteiger partial charge on any atom is 0.333 e. The van der Waals surface area contributed by atoms with Crippen molar-refractivity contribution in [1.82, 2.24) is 0 Å². The number of aliphatic hydroxyl groups excluding tert-OH is 2. The predicted octanol–water partition coefficient (Wildman–Crippen LogP) is 2.97. The van der Waals surface area contributed by atoms with Gasteiger partial charge in [0.2, 0.25) is 0 Å². The van der Waals surface area contributed by atoms with Gasteiger partial charge in [0.15, 0.2) is 0 Å². The van der Waals surface area contributed by atoms with E-state index >= 15 is 0 Å². The molecule has 0 aromatic carbocycles. The molecule has 22 heavy (non-hydrogen) atoms. The molecule has 4 nitrogen and oxygen atoms in total. The minimum atomic E-state index is -0.218. The molecule has 0 aromatic heterocycles. The Morgan fingerprint density at radius 1 is 0.955 bits per heavy atom. The highest BCUT2D eigenvalue weighted by atomic mass is 16.5. The Bertz CT molecular complexity index is 366. The van der Waals surface area contributed by atoms with Crippen LogP contribution in [-0.2, 0) is 9.53 Å². The van der Waals surface area contributed by atoms with Crippen LogP contribution in [0, 0.1) is 11.8 Å². The van der Waals surface area contributed by atoms with E-state index in [2.05, 4.69) is 0 Å². The number of carbonyl (C=O) groups is 1. The number of aliphatic hydroxyl groups is 2. The first-order chi connectivity index (χ1) is 10.5. The van der Waals surface area contributed by atoms with E-state index in [4.69, 9.17) is 4.74 Å². The van der Waals surface area contributed by atoms with Gasteiger partial charge in [-0.15, -0.1) is 0 Å². The zero-order valence-corrected chi connectivity index (χ0v) is 13.8. The van der Waals surface area contributed by atoms with Gasteiger partial charge in [0.1, 0.15) is 6.10 Å². The maximum atomic E-state index is 12.2. The van der Waals surface area contributed by atoms with Crippen molar-refractivity contribution in [3.8, 4) is 0 Å². The molecular formula is C18H30O4. The first kappa shape index (κ1) is 17.5. The lowest BCUT2D eigenvalue weighted by molar-refractivity contribution is -0.153. The average Bonchev–Trinajstić information content (AvgIpc) is 2.53. The molecule has 0 saturated heterocycles. The van der Waals surface area contributed by atoms with Gasteiger partial charge in [-0.05, 0) is 77.0 Å². The maximum absolute atomic E-state index is 12.2. The summed E-state index contributed by atoms with van der Waals surface area (Å²) in [5, 5.41) is 19.4. The third-order valence-corrected chi connectivity index (χ3v) is 5.41. The number of esters is 1. The third-order valence-electron chi connectivity index (χ3n) is 5.41. The number of hydrogen-bond acceptors (Lipinski definition) is 4. The molecule has 0 unspecified atom stereocenters. The van der Waals surface area contributed by atoms with Gasteiger partial charge in [0, 0.05) is 5.57 Å². The van der Waals surface area contributed by atoms with Gasteiger partial charge in [-0.25, -0.2) is 4.79 Å². The second kappa shape index (κ2) is 8.11. The Labute approximate surface area is 133 Å². The summed E-state index contributed by atoms with van der Waals surface area (Å²) in [6.07, 6.45) is 8.23. The molecule has 2 saturated carbocycles. The number of hydrogen-bond donors (Lipinski definition) is 2. The largest absolute Gasteiger partial charge is 0.458 e. The zero-order chi connectivity index (χ0) is 16.1. The SMILES string of the molecule is CC=C(C)C(=O)OC(C1CCC(O)CC1)C1CCC(O)CC1. The van der Waals surface area contributed by atoms with E-state index in [-0.39, 0.29) is 24.3 Å². The Morgan fingerprint density at radius 2 is 1.36 bits per heavy atom. The van der Waals surface area contributed by atoms with Gasteiger partial charge >= 0.3 is 5.97 Å². The lowest BCUT2D eigenvalue weighted by Crippen LogP contribution is -2.39. The third kappa shape index (κ3) is 4.56. The molecule has 2 aliphatic rings. The summed E-state index contributed by atoms with van der Waals surface area (Å²) in [4.78, 5) is 12.2. The summed E-state index contributed by atoms with van der Waals surface area (Å²) in [5.41, 5.74) is 0.650. The Kier molecular flexibility index (Phi) is 6.45. The smallest absolute Gasteiger partial charge is 0.333 e. The Hall–Kier alpha value is -0.870. The van der Waals surface area contributed by atoms with Crippen LogP contribution in [0.2, 0.25) is 0 Å². The number of ether oxygens (including phenoxy) is 1. The van der Waals surface area contributed by atoms with Gasteiger partial charge in [-0.2, -0.15) is 0 Å². The van der Waals surface area contributed by atoms with Crippen LogP contribution in [0.3, 0.4) is 0 Å².